The zero-order valence-corrected chi connectivity index (χ0v) is 11.8. The first-order chi connectivity index (χ1) is 6.66. The number of hydrogen-bond acceptors (Lipinski definition) is 5. The lowest BCUT2D eigenvalue weighted by molar-refractivity contribution is -0.143. The third-order valence-corrected chi connectivity index (χ3v) is 2.01. The Balaban J connectivity index is -0.000000845. The summed E-state index contributed by atoms with van der Waals surface area (Å²) in [6.45, 7) is 1.18. The van der Waals surface area contributed by atoms with Gasteiger partial charge in [-0.25, -0.2) is 0 Å². The van der Waals surface area contributed by atoms with Crippen LogP contribution in [0.2, 0.25) is 0 Å². The van der Waals surface area contributed by atoms with E-state index in [2.05, 4.69) is 12.6 Å². The molecule has 16 heavy (non-hydrogen) atoms. The first-order valence-corrected chi connectivity index (χ1v) is 5.47. The average molecular weight is 293 g/mol. The molecule has 0 rings (SSSR count). The maximum Gasteiger partial charge on any atom is 0.305 e. The number of unbranched alkanes of at least 4 members (excludes halogenated alkanes) is 2. The number of carbonyl (C=O) groups is 1. The summed E-state index contributed by atoms with van der Waals surface area (Å²) < 4.78 is 4.97. The van der Waals surface area contributed by atoms with E-state index in [1.165, 1.54) is 0 Å². The fourth-order valence-electron chi connectivity index (χ4n) is 0.947. The molecule has 0 bridgehead atoms. The molecule has 0 aliphatic rings. The molecule has 0 aromatic carbocycles. The summed E-state index contributed by atoms with van der Waals surface area (Å²) in [6.07, 6.45) is 3.79. The third kappa shape index (κ3) is 16.7. The minimum atomic E-state index is -0.236. The average Bonchev–Trinajstić information content (AvgIpc) is 2.14. The van der Waals surface area contributed by atoms with E-state index < -0.39 is 0 Å². The molecule has 0 fully saturated rings. The highest BCUT2D eigenvalue weighted by Gasteiger charge is 2.04. The van der Waals surface area contributed by atoms with E-state index in [-0.39, 0.29) is 36.2 Å². The molecule has 1 atom stereocenters. The van der Waals surface area contributed by atoms with Gasteiger partial charge < -0.3 is 16.2 Å². The van der Waals surface area contributed by atoms with Gasteiger partial charge in [-0.2, -0.15) is 12.6 Å². The SMILES string of the molecule is Cl.Cl.NCCCCCOC(=O)CCC(N)S. The lowest BCUT2D eigenvalue weighted by atomic mass is 10.2. The third-order valence-electron chi connectivity index (χ3n) is 1.76. The topological polar surface area (TPSA) is 78.3 Å². The first kappa shape index (κ1) is 21.6. The van der Waals surface area contributed by atoms with Gasteiger partial charge in [-0.05, 0) is 32.2 Å². The molecule has 0 aliphatic carbocycles. The number of esters is 1. The van der Waals surface area contributed by atoms with Crippen LogP contribution in [0.1, 0.15) is 32.1 Å². The highest BCUT2D eigenvalue weighted by molar-refractivity contribution is 7.80. The molecule has 0 heterocycles. The van der Waals surface area contributed by atoms with Crippen molar-refractivity contribution in [3.05, 3.63) is 0 Å². The van der Waals surface area contributed by atoms with Crippen molar-refractivity contribution in [3.63, 3.8) is 0 Å². The molecule has 100 valence electrons. The van der Waals surface area contributed by atoms with Crippen molar-refractivity contribution in [2.45, 2.75) is 37.5 Å². The van der Waals surface area contributed by atoms with Crippen LogP contribution in [0.4, 0.5) is 0 Å². The molecule has 0 radical (unpaired) electrons. The van der Waals surface area contributed by atoms with Crippen LogP contribution in [0.5, 0.6) is 0 Å². The van der Waals surface area contributed by atoms with Crippen molar-refractivity contribution in [2.24, 2.45) is 11.5 Å². The van der Waals surface area contributed by atoms with Crippen LogP contribution in [-0.2, 0) is 9.53 Å². The molecular weight excluding hydrogens is 271 g/mol. The van der Waals surface area contributed by atoms with Crippen LogP contribution in [0.3, 0.4) is 0 Å². The van der Waals surface area contributed by atoms with Crippen LogP contribution in [0.25, 0.3) is 0 Å². The fraction of sp³-hybridized carbons (Fsp3) is 0.889. The normalized spacial score (nSPS) is 10.9. The minimum absolute atomic E-state index is 0. The lowest BCUT2D eigenvalue weighted by Gasteiger charge is -2.05. The minimum Gasteiger partial charge on any atom is -0.466 e. The van der Waals surface area contributed by atoms with Gasteiger partial charge in [-0.15, -0.1) is 24.8 Å². The highest BCUT2D eigenvalue weighted by Crippen LogP contribution is 2.01. The van der Waals surface area contributed by atoms with Crippen molar-refractivity contribution in [3.8, 4) is 0 Å². The Labute approximate surface area is 115 Å². The Bertz CT molecular complexity index is 162. The summed E-state index contributed by atoms with van der Waals surface area (Å²) in [4.78, 5) is 11.0. The van der Waals surface area contributed by atoms with Crippen molar-refractivity contribution in [1.82, 2.24) is 0 Å². The number of halogens is 2. The van der Waals surface area contributed by atoms with E-state index in [1.807, 2.05) is 0 Å². The van der Waals surface area contributed by atoms with E-state index in [0.29, 0.717) is 26.0 Å². The predicted octanol–water partition coefficient (Wildman–Crippen LogP) is 1.50. The van der Waals surface area contributed by atoms with Gasteiger partial charge >= 0.3 is 5.97 Å². The second-order valence-corrected chi connectivity index (χ2v) is 3.84. The molecule has 0 aromatic rings. The summed E-state index contributed by atoms with van der Waals surface area (Å²) in [5.74, 6) is -0.192. The number of thiol groups is 1. The molecule has 0 spiro atoms. The maximum atomic E-state index is 11.0. The van der Waals surface area contributed by atoms with E-state index in [0.717, 1.165) is 19.3 Å². The Kier molecular flexibility index (Phi) is 20.7. The summed E-state index contributed by atoms with van der Waals surface area (Å²) in [7, 11) is 0. The smallest absolute Gasteiger partial charge is 0.305 e. The van der Waals surface area contributed by atoms with Crippen LogP contribution in [-0.4, -0.2) is 24.5 Å². The molecule has 4 N–H and O–H groups in total. The molecule has 0 amide bonds. The van der Waals surface area contributed by atoms with Gasteiger partial charge in [0.2, 0.25) is 0 Å². The van der Waals surface area contributed by atoms with Crippen molar-refractivity contribution >= 4 is 43.4 Å². The van der Waals surface area contributed by atoms with Crippen molar-refractivity contribution in [1.29, 1.82) is 0 Å². The second-order valence-electron chi connectivity index (χ2n) is 3.18. The molecule has 0 saturated heterocycles. The highest BCUT2D eigenvalue weighted by atomic mass is 35.5. The molecular formula is C9H22Cl2N2O2S. The second kappa shape index (κ2) is 15.3. The Morgan fingerprint density at radius 2 is 1.88 bits per heavy atom. The fourth-order valence-corrected chi connectivity index (χ4v) is 1.08. The van der Waals surface area contributed by atoms with Crippen molar-refractivity contribution in [2.75, 3.05) is 13.2 Å². The molecule has 0 saturated carbocycles. The first-order valence-electron chi connectivity index (χ1n) is 4.96. The van der Waals surface area contributed by atoms with E-state index >= 15 is 0 Å². The van der Waals surface area contributed by atoms with Crippen LogP contribution >= 0.6 is 37.4 Å². The summed E-state index contributed by atoms with van der Waals surface area (Å²) in [5, 5.41) is -0.236. The van der Waals surface area contributed by atoms with Gasteiger partial charge in [0.05, 0.1) is 6.61 Å². The Morgan fingerprint density at radius 3 is 2.38 bits per heavy atom. The zero-order valence-electron chi connectivity index (χ0n) is 9.26. The molecule has 0 aliphatic heterocycles. The zero-order chi connectivity index (χ0) is 10.8. The molecule has 7 heteroatoms. The summed E-state index contributed by atoms with van der Waals surface area (Å²) in [6, 6.07) is 0. The van der Waals surface area contributed by atoms with Gasteiger partial charge in [0.15, 0.2) is 0 Å². The van der Waals surface area contributed by atoms with Gasteiger partial charge in [-0.3, -0.25) is 4.79 Å². The standard InChI is InChI=1S/C9H20N2O2S.2ClH/c10-6-2-1-3-7-13-9(12)5-4-8(11)14;;/h8,14H,1-7,10-11H2;2*1H. The largest absolute Gasteiger partial charge is 0.466 e. The number of rotatable bonds is 8. The van der Waals surface area contributed by atoms with Crippen LogP contribution < -0.4 is 11.5 Å². The van der Waals surface area contributed by atoms with Crippen LogP contribution in [0.15, 0.2) is 0 Å². The maximum absolute atomic E-state index is 11.0. The predicted molar refractivity (Wildman–Crippen MR) is 74.6 cm³/mol. The molecule has 0 aromatic heterocycles. The lowest BCUT2D eigenvalue weighted by Crippen LogP contribution is -2.15. The van der Waals surface area contributed by atoms with E-state index in [1.54, 1.807) is 0 Å². The van der Waals surface area contributed by atoms with Crippen molar-refractivity contribution < 1.29 is 9.53 Å². The molecule has 4 nitrogen and oxygen atoms in total. The Morgan fingerprint density at radius 1 is 1.25 bits per heavy atom. The van der Waals surface area contributed by atoms with Crippen LogP contribution in [0, 0.1) is 0 Å². The number of nitrogens with two attached hydrogens (primary N) is 2. The van der Waals surface area contributed by atoms with Gasteiger partial charge in [0, 0.05) is 11.8 Å². The number of carbonyl (C=O) groups excluding carboxylic acids is 1. The summed E-state index contributed by atoms with van der Waals surface area (Å²) >= 11 is 3.97. The monoisotopic (exact) mass is 292 g/mol. The van der Waals surface area contributed by atoms with E-state index in [4.69, 9.17) is 16.2 Å². The van der Waals surface area contributed by atoms with Gasteiger partial charge in [0.25, 0.3) is 0 Å². The van der Waals surface area contributed by atoms with Gasteiger partial charge in [0.1, 0.15) is 0 Å². The quantitative estimate of drug-likeness (QED) is 0.274. The Hall–Kier alpha value is 0.320. The number of hydrogen-bond donors (Lipinski definition) is 3. The van der Waals surface area contributed by atoms with E-state index in [9.17, 15) is 4.79 Å². The molecule has 1 unspecified atom stereocenters. The van der Waals surface area contributed by atoms with Gasteiger partial charge in [-0.1, -0.05) is 0 Å². The summed E-state index contributed by atoms with van der Waals surface area (Å²) in [5.41, 5.74) is 10.7. The number of ether oxygens (including phenoxy) is 1.